The Labute approximate surface area is 79.0 Å². The number of rotatable bonds is 3. The molecule has 1 aromatic rings. The molecular weight excluding hydrogens is 160 g/mol. The van der Waals surface area contributed by atoms with Crippen molar-refractivity contribution in [2.45, 2.75) is 13.3 Å². The monoisotopic (exact) mass is 174 g/mol. The molecule has 0 spiro atoms. The molecule has 0 bridgehead atoms. The fourth-order valence-corrected chi connectivity index (χ4v) is 1.31. The van der Waals surface area contributed by atoms with Crippen molar-refractivity contribution in [3.63, 3.8) is 0 Å². The molecule has 0 aliphatic heterocycles. The van der Waals surface area contributed by atoms with Crippen LogP contribution >= 0.6 is 0 Å². The molecule has 0 heterocycles. The molecule has 0 atom stereocenters. The highest BCUT2D eigenvalue weighted by atomic mass is 16.3. The minimum atomic E-state index is 0.200. The summed E-state index contributed by atoms with van der Waals surface area (Å²) in [5.41, 5.74) is 3.39. The largest absolute Gasteiger partial charge is 0.513 e. The molecule has 0 radical (unpaired) electrons. The Balaban J connectivity index is 2.95. The number of hydrogen-bond donors (Lipinski definition) is 1. The maximum Gasteiger partial charge on any atom is 0.0894 e. The van der Waals surface area contributed by atoms with Gasteiger partial charge in [-0.3, -0.25) is 0 Å². The first-order valence-electron chi connectivity index (χ1n) is 4.22. The highest BCUT2D eigenvalue weighted by Crippen LogP contribution is 2.13. The van der Waals surface area contributed by atoms with Gasteiger partial charge in [-0.2, -0.15) is 0 Å². The highest BCUT2D eigenvalue weighted by Gasteiger charge is 1.98. The summed E-state index contributed by atoms with van der Waals surface area (Å²) < 4.78 is 0. The summed E-state index contributed by atoms with van der Waals surface area (Å²) in [5.74, 6) is 0.200. The molecule has 1 heteroatoms. The highest BCUT2D eigenvalue weighted by molar-refractivity contribution is 5.52. The lowest BCUT2D eigenvalue weighted by molar-refractivity contribution is 0.401. The van der Waals surface area contributed by atoms with Gasteiger partial charge in [0.15, 0.2) is 0 Å². The zero-order valence-corrected chi connectivity index (χ0v) is 7.88. The molecule has 68 valence electrons. The number of benzene rings is 1. The summed E-state index contributed by atoms with van der Waals surface area (Å²) in [5, 5.41) is 9.01. The lowest BCUT2D eigenvalue weighted by Crippen LogP contribution is -1.90. The molecular formula is C12H14O. The van der Waals surface area contributed by atoms with Crippen LogP contribution in [-0.4, -0.2) is 5.11 Å². The average Bonchev–Trinajstić information content (AvgIpc) is 2.03. The van der Waals surface area contributed by atoms with Gasteiger partial charge < -0.3 is 5.11 Å². The Hall–Kier alpha value is -1.50. The molecule has 0 fully saturated rings. The zero-order chi connectivity index (χ0) is 9.84. The topological polar surface area (TPSA) is 20.2 Å². The fraction of sp³-hybridized carbons (Fsp3) is 0.167. The Bertz CT molecular complexity index is 337. The van der Waals surface area contributed by atoms with Crippen LogP contribution in [0.2, 0.25) is 0 Å². The van der Waals surface area contributed by atoms with Crippen LogP contribution in [0.3, 0.4) is 0 Å². The smallest absolute Gasteiger partial charge is 0.0894 e. The molecule has 1 N–H and O–H groups in total. The van der Waals surface area contributed by atoms with Crippen molar-refractivity contribution in [3.05, 3.63) is 53.8 Å². The normalized spacial score (nSPS) is 9.62. The van der Waals surface area contributed by atoms with E-state index < -0.39 is 0 Å². The van der Waals surface area contributed by atoms with Crippen LogP contribution in [0, 0.1) is 6.92 Å². The predicted molar refractivity (Wildman–Crippen MR) is 56.7 cm³/mol. The van der Waals surface area contributed by atoms with Gasteiger partial charge in [-0.25, -0.2) is 0 Å². The van der Waals surface area contributed by atoms with E-state index in [1.165, 1.54) is 5.56 Å². The van der Waals surface area contributed by atoms with Gasteiger partial charge >= 0.3 is 0 Å². The first kappa shape index (κ1) is 9.59. The van der Waals surface area contributed by atoms with Crippen molar-refractivity contribution in [3.8, 4) is 0 Å². The summed E-state index contributed by atoms with van der Waals surface area (Å²) in [6.07, 6.45) is 2.35. The molecule has 1 aromatic carbocycles. The van der Waals surface area contributed by atoms with E-state index in [1.54, 1.807) is 0 Å². The third kappa shape index (κ3) is 2.48. The third-order valence-corrected chi connectivity index (χ3v) is 1.96. The minimum absolute atomic E-state index is 0.200. The first-order chi connectivity index (χ1) is 6.13. The van der Waals surface area contributed by atoms with E-state index in [0.29, 0.717) is 6.42 Å². The van der Waals surface area contributed by atoms with Gasteiger partial charge in [0.2, 0.25) is 0 Å². The summed E-state index contributed by atoms with van der Waals surface area (Å²) in [7, 11) is 0. The maximum atomic E-state index is 9.01. The van der Waals surface area contributed by atoms with Crippen LogP contribution < -0.4 is 0 Å². The van der Waals surface area contributed by atoms with E-state index in [0.717, 1.165) is 11.1 Å². The fourth-order valence-electron chi connectivity index (χ4n) is 1.31. The Kier molecular flexibility index (Phi) is 2.91. The molecule has 0 aliphatic carbocycles. The van der Waals surface area contributed by atoms with Crippen LogP contribution in [0.5, 0.6) is 0 Å². The van der Waals surface area contributed by atoms with Gasteiger partial charge in [0, 0.05) is 6.42 Å². The second kappa shape index (κ2) is 3.94. The third-order valence-electron chi connectivity index (χ3n) is 1.96. The quantitative estimate of drug-likeness (QED) is 0.697. The van der Waals surface area contributed by atoms with E-state index in [1.807, 2.05) is 31.2 Å². The van der Waals surface area contributed by atoms with Crippen molar-refractivity contribution in [2.24, 2.45) is 0 Å². The van der Waals surface area contributed by atoms with E-state index >= 15 is 0 Å². The van der Waals surface area contributed by atoms with Crippen molar-refractivity contribution in [1.82, 2.24) is 0 Å². The standard InChI is InChI=1S/C12H14O/c1-4-12-6-5-11(7-9(12)2)8-10(3)13/h4-7,13H,1,3,8H2,2H3. The summed E-state index contributed by atoms with van der Waals surface area (Å²) in [6, 6.07) is 6.02. The van der Waals surface area contributed by atoms with Crippen LogP contribution in [0.4, 0.5) is 0 Å². The first-order valence-corrected chi connectivity index (χ1v) is 4.22. The Morgan fingerprint density at radius 1 is 1.54 bits per heavy atom. The molecule has 1 nitrogen and oxygen atoms in total. The van der Waals surface area contributed by atoms with Gasteiger partial charge in [-0.1, -0.05) is 37.4 Å². The van der Waals surface area contributed by atoms with Crippen LogP contribution in [-0.2, 0) is 6.42 Å². The molecule has 0 aliphatic rings. The van der Waals surface area contributed by atoms with Gasteiger partial charge in [0.25, 0.3) is 0 Å². The van der Waals surface area contributed by atoms with Crippen molar-refractivity contribution >= 4 is 6.08 Å². The Morgan fingerprint density at radius 2 is 2.23 bits per heavy atom. The van der Waals surface area contributed by atoms with E-state index in [9.17, 15) is 0 Å². The van der Waals surface area contributed by atoms with Crippen LogP contribution in [0.1, 0.15) is 16.7 Å². The summed E-state index contributed by atoms with van der Waals surface area (Å²) in [4.78, 5) is 0. The van der Waals surface area contributed by atoms with E-state index in [-0.39, 0.29) is 5.76 Å². The van der Waals surface area contributed by atoms with Gasteiger partial charge in [-0.05, 0) is 23.6 Å². The number of allylic oxidation sites excluding steroid dienone is 1. The molecule has 0 aromatic heterocycles. The zero-order valence-electron chi connectivity index (χ0n) is 7.88. The molecule has 1 rings (SSSR count). The number of aliphatic hydroxyl groups excluding tert-OH is 1. The van der Waals surface area contributed by atoms with Crippen molar-refractivity contribution < 1.29 is 5.11 Å². The Morgan fingerprint density at radius 3 is 2.69 bits per heavy atom. The lowest BCUT2D eigenvalue weighted by atomic mass is 10.0. The predicted octanol–water partition coefficient (Wildman–Crippen LogP) is 3.25. The van der Waals surface area contributed by atoms with Crippen LogP contribution in [0.15, 0.2) is 37.1 Å². The molecule has 13 heavy (non-hydrogen) atoms. The lowest BCUT2D eigenvalue weighted by Gasteiger charge is -2.04. The SMILES string of the molecule is C=Cc1ccc(CC(=C)O)cc1C. The van der Waals surface area contributed by atoms with Gasteiger partial charge in [0.05, 0.1) is 5.76 Å². The second-order valence-corrected chi connectivity index (χ2v) is 3.14. The van der Waals surface area contributed by atoms with Gasteiger partial charge in [0.1, 0.15) is 0 Å². The van der Waals surface area contributed by atoms with E-state index in [4.69, 9.17) is 5.11 Å². The van der Waals surface area contributed by atoms with E-state index in [2.05, 4.69) is 13.2 Å². The van der Waals surface area contributed by atoms with Gasteiger partial charge in [-0.15, -0.1) is 0 Å². The van der Waals surface area contributed by atoms with Crippen molar-refractivity contribution in [1.29, 1.82) is 0 Å². The summed E-state index contributed by atoms with van der Waals surface area (Å²) in [6.45, 7) is 9.20. The molecule has 0 unspecified atom stereocenters. The average molecular weight is 174 g/mol. The molecule has 0 saturated carbocycles. The molecule has 0 amide bonds. The number of hydrogen-bond acceptors (Lipinski definition) is 1. The summed E-state index contributed by atoms with van der Waals surface area (Å²) >= 11 is 0. The van der Waals surface area contributed by atoms with Crippen molar-refractivity contribution in [2.75, 3.05) is 0 Å². The number of aliphatic hydroxyl groups is 1. The van der Waals surface area contributed by atoms with Crippen LogP contribution in [0.25, 0.3) is 6.08 Å². The second-order valence-electron chi connectivity index (χ2n) is 3.14. The maximum absolute atomic E-state index is 9.01. The minimum Gasteiger partial charge on any atom is -0.513 e. The molecule has 0 saturated heterocycles. The number of aryl methyl sites for hydroxylation is 1.